The van der Waals surface area contributed by atoms with Crippen molar-refractivity contribution < 1.29 is 18.3 Å². The Labute approximate surface area is 137 Å². The van der Waals surface area contributed by atoms with Crippen molar-refractivity contribution in [1.29, 1.82) is 0 Å². The third kappa shape index (κ3) is 5.10. The van der Waals surface area contributed by atoms with Gasteiger partial charge in [-0.1, -0.05) is 17.7 Å². The number of benzene rings is 2. The van der Waals surface area contributed by atoms with E-state index in [0.29, 0.717) is 10.8 Å². The summed E-state index contributed by atoms with van der Waals surface area (Å²) >= 11 is 5.98. The minimum atomic E-state index is -1.03. The van der Waals surface area contributed by atoms with Crippen LogP contribution in [0.5, 0.6) is 5.75 Å². The average molecular weight is 341 g/mol. The minimum absolute atomic E-state index is 0.157. The molecule has 0 fully saturated rings. The average Bonchev–Trinajstić information content (AvgIpc) is 2.51. The predicted molar refractivity (Wildman–Crippen MR) is 85.1 cm³/mol. The summed E-state index contributed by atoms with van der Waals surface area (Å²) in [6.45, 7) is 2.35. The van der Waals surface area contributed by atoms with Gasteiger partial charge in [-0.3, -0.25) is 0 Å². The SMILES string of the molecule is Cc1ccc(Cl)c(OCCNC(=O)Nc2ccc(F)c(F)c2)c1. The Kier molecular flexibility index (Phi) is 5.76. The van der Waals surface area contributed by atoms with Gasteiger partial charge in [-0.2, -0.15) is 0 Å². The number of carbonyl (C=O) groups is 1. The van der Waals surface area contributed by atoms with E-state index in [-0.39, 0.29) is 18.8 Å². The number of halogens is 3. The smallest absolute Gasteiger partial charge is 0.319 e. The lowest BCUT2D eigenvalue weighted by atomic mass is 10.2. The zero-order valence-corrected chi connectivity index (χ0v) is 13.1. The molecule has 7 heteroatoms. The maximum absolute atomic E-state index is 13.0. The van der Waals surface area contributed by atoms with Crippen molar-refractivity contribution in [2.24, 2.45) is 0 Å². The molecule has 4 nitrogen and oxygen atoms in total. The first-order valence-electron chi connectivity index (χ1n) is 6.84. The van der Waals surface area contributed by atoms with Gasteiger partial charge >= 0.3 is 6.03 Å². The van der Waals surface area contributed by atoms with E-state index in [0.717, 1.165) is 17.7 Å². The number of ether oxygens (including phenoxy) is 1. The van der Waals surface area contributed by atoms with Crippen LogP contribution in [0.1, 0.15) is 5.56 Å². The quantitative estimate of drug-likeness (QED) is 0.804. The van der Waals surface area contributed by atoms with Crippen LogP contribution < -0.4 is 15.4 Å². The molecule has 0 saturated heterocycles. The molecule has 2 rings (SSSR count). The molecular weight excluding hydrogens is 326 g/mol. The maximum Gasteiger partial charge on any atom is 0.319 e. The first kappa shape index (κ1) is 17.0. The van der Waals surface area contributed by atoms with Gasteiger partial charge in [0.15, 0.2) is 11.6 Å². The molecule has 2 aromatic rings. The normalized spacial score (nSPS) is 10.3. The van der Waals surface area contributed by atoms with Crippen molar-refractivity contribution in [1.82, 2.24) is 5.32 Å². The van der Waals surface area contributed by atoms with Crippen molar-refractivity contribution in [2.45, 2.75) is 6.92 Å². The van der Waals surface area contributed by atoms with E-state index in [2.05, 4.69) is 10.6 Å². The number of aryl methyl sites for hydroxylation is 1. The molecule has 0 heterocycles. The highest BCUT2D eigenvalue weighted by atomic mass is 35.5. The lowest BCUT2D eigenvalue weighted by Gasteiger charge is -2.10. The lowest BCUT2D eigenvalue weighted by Crippen LogP contribution is -2.32. The van der Waals surface area contributed by atoms with Gasteiger partial charge in [0.2, 0.25) is 0 Å². The van der Waals surface area contributed by atoms with E-state index in [9.17, 15) is 13.6 Å². The second kappa shape index (κ2) is 7.78. The van der Waals surface area contributed by atoms with Crippen LogP contribution in [-0.4, -0.2) is 19.2 Å². The second-order valence-electron chi connectivity index (χ2n) is 4.79. The highest BCUT2D eigenvalue weighted by Crippen LogP contribution is 2.24. The van der Waals surface area contributed by atoms with Gasteiger partial charge in [-0.15, -0.1) is 0 Å². The Hall–Kier alpha value is -2.34. The Balaban J connectivity index is 1.76. The Morgan fingerprint density at radius 3 is 2.70 bits per heavy atom. The summed E-state index contributed by atoms with van der Waals surface area (Å²) in [5.41, 5.74) is 1.16. The van der Waals surface area contributed by atoms with E-state index < -0.39 is 17.7 Å². The highest BCUT2D eigenvalue weighted by molar-refractivity contribution is 6.32. The zero-order valence-electron chi connectivity index (χ0n) is 12.3. The fraction of sp³-hybridized carbons (Fsp3) is 0.188. The lowest BCUT2D eigenvalue weighted by molar-refractivity contribution is 0.247. The Bertz CT molecular complexity index is 710. The van der Waals surface area contributed by atoms with Gasteiger partial charge in [0.1, 0.15) is 12.4 Å². The van der Waals surface area contributed by atoms with Gasteiger partial charge in [0.25, 0.3) is 0 Å². The number of carbonyl (C=O) groups excluding carboxylic acids is 1. The second-order valence-corrected chi connectivity index (χ2v) is 5.20. The van der Waals surface area contributed by atoms with Gasteiger partial charge in [-0.05, 0) is 36.8 Å². The fourth-order valence-electron chi connectivity index (χ4n) is 1.80. The van der Waals surface area contributed by atoms with Crippen LogP contribution in [0.15, 0.2) is 36.4 Å². The van der Waals surface area contributed by atoms with Crippen molar-refractivity contribution in [2.75, 3.05) is 18.5 Å². The van der Waals surface area contributed by atoms with Crippen LogP contribution in [0.2, 0.25) is 5.02 Å². The van der Waals surface area contributed by atoms with Gasteiger partial charge in [-0.25, -0.2) is 13.6 Å². The van der Waals surface area contributed by atoms with Crippen LogP contribution in [0.4, 0.5) is 19.3 Å². The predicted octanol–water partition coefficient (Wildman–Crippen LogP) is 4.13. The molecule has 2 N–H and O–H groups in total. The minimum Gasteiger partial charge on any atom is -0.490 e. The maximum atomic E-state index is 13.0. The van der Waals surface area contributed by atoms with Crippen molar-refractivity contribution in [3.05, 3.63) is 58.6 Å². The Morgan fingerprint density at radius 2 is 1.96 bits per heavy atom. The monoisotopic (exact) mass is 340 g/mol. The third-order valence-corrected chi connectivity index (χ3v) is 3.22. The van der Waals surface area contributed by atoms with Crippen molar-refractivity contribution in [3.63, 3.8) is 0 Å². The summed E-state index contributed by atoms with van der Waals surface area (Å²) in [7, 11) is 0. The molecule has 0 radical (unpaired) electrons. The first-order chi connectivity index (χ1) is 11.0. The number of nitrogens with one attached hydrogen (secondary N) is 2. The number of hydrogen-bond acceptors (Lipinski definition) is 2. The van der Waals surface area contributed by atoms with Crippen LogP contribution in [0.3, 0.4) is 0 Å². The topological polar surface area (TPSA) is 50.4 Å². The number of rotatable bonds is 5. The van der Waals surface area contributed by atoms with E-state index in [1.165, 1.54) is 6.07 Å². The molecule has 2 amide bonds. The molecule has 23 heavy (non-hydrogen) atoms. The number of anilines is 1. The summed E-state index contributed by atoms with van der Waals surface area (Å²) in [4.78, 5) is 11.6. The van der Waals surface area contributed by atoms with E-state index in [1.54, 1.807) is 12.1 Å². The van der Waals surface area contributed by atoms with E-state index in [4.69, 9.17) is 16.3 Å². The summed E-state index contributed by atoms with van der Waals surface area (Å²) in [5, 5.41) is 5.41. The molecule has 0 saturated carbocycles. The molecule has 0 atom stereocenters. The molecule has 0 spiro atoms. The van der Waals surface area contributed by atoms with Crippen molar-refractivity contribution >= 4 is 23.3 Å². The summed E-state index contributed by atoms with van der Waals surface area (Å²) in [5.74, 6) is -1.46. The van der Waals surface area contributed by atoms with Crippen LogP contribution in [0.25, 0.3) is 0 Å². The molecule has 0 unspecified atom stereocenters. The molecule has 0 bridgehead atoms. The zero-order chi connectivity index (χ0) is 16.8. The van der Waals surface area contributed by atoms with E-state index >= 15 is 0 Å². The van der Waals surface area contributed by atoms with Crippen LogP contribution >= 0.6 is 11.6 Å². The summed E-state index contributed by atoms with van der Waals surface area (Å²) in [6.07, 6.45) is 0. The van der Waals surface area contributed by atoms with Crippen molar-refractivity contribution in [3.8, 4) is 5.75 Å². The van der Waals surface area contributed by atoms with Gasteiger partial charge in [0, 0.05) is 11.8 Å². The van der Waals surface area contributed by atoms with Crippen LogP contribution in [-0.2, 0) is 0 Å². The molecule has 0 aliphatic carbocycles. The molecule has 0 aromatic heterocycles. The molecule has 0 aliphatic heterocycles. The number of hydrogen-bond donors (Lipinski definition) is 2. The van der Waals surface area contributed by atoms with Crippen LogP contribution in [0, 0.1) is 18.6 Å². The summed E-state index contributed by atoms with van der Waals surface area (Å²) < 4.78 is 31.3. The van der Waals surface area contributed by atoms with Gasteiger partial charge < -0.3 is 15.4 Å². The van der Waals surface area contributed by atoms with E-state index in [1.807, 2.05) is 13.0 Å². The standard InChI is InChI=1S/C16H15ClF2N2O2/c1-10-2-4-12(17)15(8-10)23-7-6-20-16(22)21-11-3-5-13(18)14(19)9-11/h2-5,8-9H,6-7H2,1H3,(H2,20,21,22). The molecular formula is C16H15ClF2N2O2. The number of amides is 2. The summed E-state index contributed by atoms with van der Waals surface area (Å²) in [6, 6.07) is 7.95. The third-order valence-electron chi connectivity index (χ3n) is 2.91. The fourth-order valence-corrected chi connectivity index (χ4v) is 1.97. The molecule has 0 aliphatic rings. The molecule has 122 valence electrons. The first-order valence-corrected chi connectivity index (χ1v) is 7.22. The number of urea groups is 1. The Morgan fingerprint density at radius 1 is 1.17 bits per heavy atom. The highest BCUT2D eigenvalue weighted by Gasteiger charge is 2.06. The van der Waals surface area contributed by atoms with Gasteiger partial charge in [0.05, 0.1) is 11.6 Å². The molecule has 2 aromatic carbocycles. The largest absolute Gasteiger partial charge is 0.490 e.